The van der Waals surface area contributed by atoms with Gasteiger partial charge in [0.05, 0.1) is 0 Å². The smallest absolute Gasteiger partial charge is 0.246 e. The molecule has 1 fully saturated rings. The predicted molar refractivity (Wildman–Crippen MR) is 113 cm³/mol. The summed E-state index contributed by atoms with van der Waals surface area (Å²) in [6.45, 7) is 1.92. The van der Waals surface area contributed by atoms with Gasteiger partial charge in [0.1, 0.15) is 0 Å². The highest BCUT2D eigenvalue weighted by molar-refractivity contribution is 7.89. The second kappa shape index (κ2) is 10.2. The number of benzene rings is 2. The lowest BCUT2D eigenvalue weighted by Gasteiger charge is -2.24. The number of nitrogens with one attached hydrogen (secondary N) is 1. The fourth-order valence-corrected chi connectivity index (χ4v) is 5.46. The summed E-state index contributed by atoms with van der Waals surface area (Å²) in [6.07, 6.45) is 8.35. The van der Waals surface area contributed by atoms with Gasteiger partial charge in [0.25, 0.3) is 0 Å². The molecule has 2 atom stereocenters. The van der Waals surface area contributed by atoms with E-state index in [1.807, 2.05) is 16.9 Å². The number of halogens is 4. The number of aromatic hydroxyl groups is 1. The first-order chi connectivity index (χ1) is 15.1. The van der Waals surface area contributed by atoms with Gasteiger partial charge in [0.15, 0.2) is 22.3 Å². The van der Waals surface area contributed by atoms with E-state index in [4.69, 9.17) is 5.11 Å². The molecular formula is C23H27F4NO3S. The molecule has 0 heterocycles. The highest BCUT2D eigenvalue weighted by Crippen LogP contribution is 2.35. The minimum atomic E-state index is -4.92. The van der Waals surface area contributed by atoms with E-state index in [0.29, 0.717) is 17.4 Å². The fourth-order valence-electron chi connectivity index (χ4n) is 4.31. The molecule has 0 aliphatic heterocycles. The van der Waals surface area contributed by atoms with E-state index >= 15 is 0 Å². The molecule has 2 unspecified atom stereocenters. The maximum atomic E-state index is 14.0. The van der Waals surface area contributed by atoms with Crippen molar-refractivity contribution in [2.45, 2.75) is 69.2 Å². The van der Waals surface area contributed by atoms with E-state index in [1.165, 1.54) is 25.7 Å². The van der Waals surface area contributed by atoms with E-state index in [-0.39, 0.29) is 6.54 Å². The average molecular weight is 474 g/mol. The highest BCUT2D eigenvalue weighted by Gasteiger charge is 2.33. The molecule has 4 nitrogen and oxygen atoms in total. The van der Waals surface area contributed by atoms with Crippen molar-refractivity contribution in [3.63, 3.8) is 0 Å². The summed E-state index contributed by atoms with van der Waals surface area (Å²) < 4.78 is 81.6. The van der Waals surface area contributed by atoms with Crippen molar-refractivity contribution in [1.82, 2.24) is 4.72 Å². The zero-order valence-corrected chi connectivity index (χ0v) is 18.6. The first-order valence-electron chi connectivity index (χ1n) is 10.8. The summed E-state index contributed by atoms with van der Waals surface area (Å²) in [7, 11) is -4.92. The quantitative estimate of drug-likeness (QED) is 0.420. The number of sulfonamides is 1. The van der Waals surface area contributed by atoms with Gasteiger partial charge in [0.2, 0.25) is 21.7 Å². The molecular weight excluding hydrogens is 446 g/mol. The van der Waals surface area contributed by atoms with Gasteiger partial charge in [-0.25, -0.2) is 21.9 Å². The van der Waals surface area contributed by atoms with Crippen molar-refractivity contribution < 1.29 is 31.1 Å². The average Bonchev–Trinajstić information content (AvgIpc) is 2.87. The van der Waals surface area contributed by atoms with Crippen LogP contribution in [0.1, 0.15) is 68.9 Å². The summed E-state index contributed by atoms with van der Waals surface area (Å²) in [6, 6.07) is 7.29. The van der Waals surface area contributed by atoms with Crippen LogP contribution in [0.4, 0.5) is 17.6 Å². The van der Waals surface area contributed by atoms with Crippen molar-refractivity contribution in [3.8, 4) is 5.75 Å². The Morgan fingerprint density at radius 2 is 1.41 bits per heavy atom. The molecule has 9 heteroatoms. The molecule has 1 saturated carbocycles. The summed E-state index contributed by atoms with van der Waals surface area (Å²) in [4.78, 5) is -1.80. The van der Waals surface area contributed by atoms with Gasteiger partial charge >= 0.3 is 0 Å². The van der Waals surface area contributed by atoms with Gasteiger partial charge in [-0.3, -0.25) is 0 Å². The van der Waals surface area contributed by atoms with Crippen LogP contribution >= 0.6 is 0 Å². The van der Waals surface area contributed by atoms with E-state index in [9.17, 15) is 26.0 Å². The predicted octanol–water partition coefficient (Wildman–Crippen LogP) is 5.89. The van der Waals surface area contributed by atoms with Gasteiger partial charge in [-0.05, 0) is 29.4 Å². The first kappa shape index (κ1) is 24.5. The topological polar surface area (TPSA) is 66.4 Å². The SMILES string of the molecule is CC1CCCCCCCC1c1ccc(CNS(=O)(=O)c2c(F)c(F)c(O)c(F)c2F)cc1. The maximum absolute atomic E-state index is 14.0. The standard InChI is InChI=1S/C23H27F4NO3S/c1-14-7-5-3-2-4-6-8-17(14)16-11-9-15(10-12-16)13-28-32(30,31)23-20(26)18(24)22(29)19(25)21(23)27/h9-12,14,17,28-29H,2-8,13H2,1H3. The Kier molecular flexibility index (Phi) is 7.82. The second-order valence-corrected chi connectivity index (χ2v) is 10.1. The van der Waals surface area contributed by atoms with Crippen LogP contribution in [-0.4, -0.2) is 13.5 Å². The summed E-state index contributed by atoms with van der Waals surface area (Å²) in [5, 5.41) is 9.02. The molecule has 0 saturated heterocycles. The summed E-state index contributed by atoms with van der Waals surface area (Å²) >= 11 is 0. The second-order valence-electron chi connectivity index (χ2n) is 8.43. The number of hydrogen-bond acceptors (Lipinski definition) is 3. The Morgan fingerprint density at radius 1 is 0.875 bits per heavy atom. The van der Waals surface area contributed by atoms with Crippen molar-refractivity contribution in [2.24, 2.45) is 5.92 Å². The van der Waals surface area contributed by atoms with Crippen molar-refractivity contribution >= 4 is 10.0 Å². The molecule has 32 heavy (non-hydrogen) atoms. The summed E-state index contributed by atoms with van der Waals surface area (Å²) in [5.74, 6) is -9.67. The Bertz CT molecular complexity index is 1030. The Balaban J connectivity index is 1.75. The molecule has 2 aromatic rings. The monoisotopic (exact) mass is 473 g/mol. The van der Waals surface area contributed by atoms with Crippen molar-refractivity contribution in [3.05, 3.63) is 58.7 Å². The van der Waals surface area contributed by atoms with Gasteiger partial charge in [-0.2, -0.15) is 8.78 Å². The van der Waals surface area contributed by atoms with Crippen LogP contribution in [-0.2, 0) is 16.6 Å². The van der Waals surface area contributed by atoms with Crippen LogP contribution in [0.5, 0.6) is 5.75 Å². The van der Waals surface area contributed by atoms with Gasteiger partial charge in [0, 0.05) is 6.54 Å². The lowest BCUT2D eigenvalue weighted by molar-refractivity contribution is 0.342. The number of phenols is 1. The third-order valence-electron chi connectivity index (χ3n) is 6.20. The van der Waals surface area contributed by atoms with E-state index in [1.54, 1.807) is 12.1 Å². The molecule has 2 aromatic carbocycles. The van der Waals surface area contributed by atoms with Crippen molar-refractivity contribution in [1.29, 1.82) is 0 Å². The lowest BCUT2D eigenvalue weighted by atomic mass is 9.81. The zero-order valence-electron chi connectivity index (χ0n) is 17.8. The van der Waals surface area contributed by atoms with Crippen molar-refractivity contribution in [2.75, 3.05) is 0 Å². The Labute approximate surface area is 185 Å². The van der Waals surface area contributed by atoms with Gasteiger partial charge < -0.3 is 5.11 Å². The molecule has 2 N–H and O–H groups in total. The minimum absolute atomic E-state index is 0.328. The van der Waals surface area contributed by atoms with Crippen LogP contribution in [0, 0.1) is 29.2 Å². The van der Waals surface area contributed by atoms with Crippen LogP contribution in [0.3, 0.4) is 0 Å². The molecule has 1 aliphatic rings. The Hall–Kier alpha value is -2.13. The molecule has 176 valence electrons. The first-order valence-corrected chi connectivity index (χ1v) is 12.2. The molecule has 0 radical (unpaired) electrons. The largest absolute Gasteiger partial charge is 0.503 e. The molecule has 0 aromatic heterocycles. The molecule has 0 spiro atoms. The molecule has 0 bridgehead atoms. The van der Waals surface area contributed by atoms with Crippen LogP contribution in [0.25, 0.3) is 0 Å². The third-order valence-corrected chi connectivity index (χ3v) is 7.62. The normalized spacial score (nSPS) is 20.4. The zero-order chi connectivity index (χ0) is 23.5. The van der Waals surface area contributed by atoms with Crippen LogP contribution in [0.2, 0.25) is 0 Å². The number of hydrogen-bond donors (Lipinski definition) is 2. The van der Waals surface area contributed by atoms with E-state index in [0.717, 1.165) is 24.8 Å². The van der Waals surface area contributed by atoms with Crippen LogP contribution in [0.15, 0.2) is 29.2 Å². The lowest BCUT2D eigenvalue weighted by Crippen LogP contribution is -2.26. The summed E-state index contributed by atoms with van der Waals surface area (Å²) in [5.41, 5.74) is 1.68. The third kappa shape index (κ3) is 5.26. The van der Waals surface area contributed by atoms with Gasteiger partial charge in [-0.15, -0.1) is 0 Å². The van der Waals surface area contributed by atoms with E-state index < -0.39 is 43.9 Å². The number of phenolic OH excluding ortho intramolecular Hbond substituents is 1. The minimum Gasteiger partial charge on any atom is -0.503 e. The highest BCUT2D eigenvalue weighted by atomic mass is 32.2. The maximum Gasteiger partial charge on any atom is 0.246 e. The molecule has 1 aliphatic carbocycles. The Morgan fingerprint density at radius 3 is 2.00 bits per heavy atom. The van der Waals surface area contributed by atoms with Crippen LogP contribution < -0.4 is 4.72 Å². The number of rotatable bonds is 5. The molecule has 0 amide bonds. The fraction of sp³-hybridized carbons (Fsp3) is 0.478. The van der Waals surface area contributed by atoms with Gasteiger partial charge in [-0.1, -0.05) is 69.7 Å². The molecule has 3 rings (SSSR count). The van der Waals surface area contributed by atoms with E-state index in [2.05, 4.69) is 6.92 Å².